The predicted molar refractivity (Wildman–Crippen MR) is 133 cm³/mol. The molecule has 1 fully saturated rings. The van der Waals surface area contributed by atoms with Gasteiger partial charge >= 0.3 is 0 Å². The van der Waals surface area contributed by atoms with Gasteiger partial charge < -0.3 is 24.5 Å². The summed E-state index contributed by atoms with van der Waals surface area (Å²) in [6, 6.07) is 2.80. The number of imidazole rings is 1. The average molecular weight is 558 g/mol. The van der Waals surface area contributed by atoms with Crippen LogP contribution in [0.3, 0.4) is 0 Å². The third-order valence-corrected chi connectivity index (χ3v) is 6.38. The third-order valence-electron chi connectivity index (χ3n) is 6.17. The van der Waals surface area contributed by atoms with Gasteiger partial charge in [0.2, 0.25) is 11.7 Å². The SMILES string of the molecule is Cc1nc(-c2c(F)cc(Cl)cc2-c2cnc(C(C)NC(=O)C3(NC(=O)c4cn(C)cn4)COC3)c(F)c2)no1. The van der Waals surface area contributed by atoms with E-state index in [0.717, 1.165) is 12.1 Å². The zero-order chi connectivity index (χ0) is 27.9. The predicted octanol–water partition coefficient (Wildman–Crippen LogP) is 3.15. The van der Waals surface area contributed by atoms with Crippen molar-refractivity contribution in [3.8, 4) is 22.5 Å². The van der Waals surface area contributed by atoms with Crippen LogP contribution in [0.5, 0.6) is 0 Å². The number of nitrogens with one attached hydrogen (secondary N) is 2. The van der Waals surface area contributed by atoms with E-state index in [1.54, 1.807) is 25.5 Å². The Morgan fingerprint density at radius 3 is 2.54 bits per heavy atom. The van der Waals surface area contributed by atoms with Crippen LogP contribution in [0.15, 0.2) is 41.4 Å². The molecule has 1 unspecified atom stereocenters. The van der Waals surface area contributed by atoms with Gasteiger partial charge in [-0.25, -0.2) is 13.8 Å². The summed E-state index contributed by atoms with van der Waals surface area (Å²) in [6.45, 7) is 2.98. The molecule has 1 saturated heterocycles. The topological polar surface area (TPSA) is 137 Å². The highest BCUT2D eigenvalue weighted by Gasteiger charge is 2.48. The lowest BCUT2D eigenvalue weighted by Gasteiger charge is -2.40. The van der Waals surface area contributed by atoms with Crippen LogP contribution in [0, 0.1) is 18.6 Å². The van der Waals surface area contributed by atoms with Crippen LogP contribution in [-0.4, -0.2) is 55.2 Å². The number of nitrogens with zero attached hydrogens (tertiary/aromatic N) is 5. The zero-order valence-electron chi connectivity index (χ0n) is 21.0. The number of aryl methyl sites for hydroxylation is 2. The van der Waals surface area contributed by atoms with E-state index in [9.17, 15) is 14.0 Å². The maximum Gasteiger partial charge on any atom is 0.272 e. The fourth-order valence-electron chi connectivity index (χ4n) is 4.12. The molecule has 0 aliphatic carbocycles. The van der Waals surface area contributed by atoms with Crippen molar-refractivity contribution in [1.29, 1.82) is 0 Å². The minimum absolute atomic E-state index is 0.0254. The van der Waals surface area contributed by atoms with E-state index >= 15 is 4.39 Å². The minimum Gasteiger partial charge on any atom is -0.375 e. The number of amides is 2. The highest BCUT2D eigenvalue weighted by Crippen LogP contribution is 2.36. The number of pyridine rings is 1. The van der Waals surface area contributed by atoms with Crippen LogP contribution in [0.4, 0.5) is 8.78 Å². The fourth-order valence-corrected chi connectivity index (χ4v) is 4.33. The molecule has 5 rings (SSSR count). The Morgan fingerprint density at radius 1 is 1.18 bits per heavy atom. The average Bonchev–Trinajstić information content (AvgIpc) is 3.48. The molecule has 4 aromatic rings. The van der Waals surface area contributed by atoms with Crippen LogP contribution in [0.2, 0.25) is 5.02 Å². The Morgan fingerprint density at radius 2 is 1.95 bits per heavy atom. The second-order valence-electron chi connectivity index (χ2n) is 9.19. The standard InChI is InChI=1S/C25H22ClF2N7O4/c1-12(31-24(37)25(9-38-10-25)33-23(36)19-8-35(3)11-30-19)21-18(28)4-14(7-29-21)16-5-15(26)6-17(27)20(16)22-32-13(2)39-34-22/h4-8,11-12H,9-10H2,1-3H3,(H,31,37)(H,33,36). The number of aromatic nitrogens is 5. The lowest BCUT2D eigenvalue weighted by atomic mass is 9.95. The molecular weight excluding hydrogens is 536 g/mol. The van der Waals surface area contributed by atoms with E-state index in [0.29, 0.717) is 0 Å². The summed E-state index contributed by atoms with van der Waals surface area (Å²) in [7, 11) is 1.71. The summed E-state index contributed by atoms with van der Waals surface area (Å²) in [5.74, 6) is -2.39. The molecule has 0 spiro atoms. The largest absolute Gasteiger partial charge is 0.375 e. The molecular formula is C25H22ClF2N7O4. The Bertz CT molecular complexity index is 1580. The molecule has 1 aliphatic heterocycles. The molecule has 0 radical (unpaired) electrons. The molecule has 0 bridgehead atoms. The van der Waals surface area contributed by atoms with Gasteiger partial charge in [-0.3, -0.25) is 14.6 Å². The van der Waals surface area contributed by atoms with E-state index in [1.165, 1.54) is 24.8 Å². The third kappa shape index (κ3) is 5.10. The van der Waals surface area contributed by atoms with Gasteiger partial charge in [0.15, 0.2) is 5.54 Å². The molecule has 1 aromatic carbocycles. The van der Waals surface area contributed by atoms with Gasteiger partial charge in [0.05, 0.1) is 36.8 Å². The molecule has 3 aromatic heterocycles. The fraction of sp³-hybridized carbons (Fsp3) is 0.280. The monoisotopic (exact) mass is 557 g/mol. The summed E-state index contributed by atoms with van der Waals surface area (Å²) in [4.78, 5) is 38.0. The van der Waals surface area contributed by atoms with Gasteiger partial charge in [-0.1, -0.05) is 16.8 Å². The highest BCUT2D eigenvalue weighted by atomic mass is 35.5. The van der Waals surface area contributed by atoms with Gasteiger partial charge in [-0.05, 0) is 30.7 Å². The summed E-state index contributed by atoms with van der Waals surface area (Å²) in [5.41, 5.74) is -0.880. The minimum atomic E-state index is -1.34. The number of ether oxygens (including phenoxy) is 1. The highest BCUT2D eigenvalue weighted by molar-refractivity contribution is 6.31. The number of hydrogen-bond acceptors (Lipinski definition) is 8. The van der Waals surface area contributed by atoms with E-state index in [1.807, 2.05) is 0 Å². The van der Waals surface area contributed by atoms with Crippen molar-refractivity contribution < 1.29 is 27.6 Å². The first-order chi connectivity index (χ1) is 18.6. The van der Waals surface area contributed by atoms with Crippen molar-refractivity contribution in [2.24, 2.45) is 7.05 Å². The summed E-state index contributed by atoms with van der Waals surface area (Å²) in [6.07, 6.45) is 4.30. The van der Waals surface area contributed by atoms with Crippen molar-refractivity contribution in [2.75, 3.05) is 13.2 Å². The van der Waals surface area contributed by atoms with Crippen LogP contribution < -0.4 is 10.6 Å². The van der Waals surface area contributed by atoms with Crippen LogP contribution in [0.25, 0.3) is 22.5 Å². The first-order valence-corrected chi connectivity index (χ1v) is 12.1. The van der Waals surface area contributed by atoms with Gasteiger partial charge in [-0.2, -0.15) is 4.98 Å². The zero-order valence-corrected chi connectivity index (χ0v) is 21.7. The first-order valence-electron chi connectivity index (χ1n) is 11.7. The Labute approximate surface area is 225 Å². The maximum atomic E-state index is 15.3. The number of halogens is 3. The smallest absolute Gasteiger partial charge is 0.272 e. The van der Waals surface area contributed by atoms with Crippen molar-refractivity contribution in [3.05, 3.63) is 70.9 Å². The molecule has 11 nitrogen and oxygen atoms in total. The summed E-state index contributed by atoms with van der Waals surface area (Å²) in [5, 5.41) is 9.19. The number of benzene rings is 1. The van der Waals surface area contributed by atoms with Gasteiger partial charge in [0.25, 0.3) is 11.8 Å². The number of carbonyl (C=O) groups excluding carboxylic acids is 2. The molecule has 0 saturated carbocycles. The quantitative estimate of drug-likeness (QED) is 0.353. The van der Waals surface area contributed by atoms with Gasteiger partial charge in [0, 0.05) is 37.0 Å². The number of rotatable bonds is 7. The normalized spacial score (nSPS) is 14.9. The van der Waals surface area contributed by atoms with E-state index in [-0.39, 0.29) is 58.0 Å². The van der Waals surface area contributed by atoms with Crippen molar-refractivity contribution in [3.63, 3.8) is 0 Å². The van der Waals surface area contributed by atoms with Crippen LogP contribution in [0.1, 0.15) is 35.0 Å². The molecule has 14 heteroatoms. The molecule has 1 atom stereocenters. The van der Waals surface area contributed by atoms with Gasteiger partial charge in [0.1, 0.15) is 17.3 Å². The summed E-state index contributed by atoms with van der Waals surface area (Å²) < 4.78 is 42.0. The lowest BCUT2D eigenvalue weighted by Crippen LogP contribution is -2.70. The van der Waals surface area contributed by atoms with Crippen LogP contribution >= 0.6 is 11.6 Å². The van der Waals surface area contributed by atoms with Crippen molar-refractivity contribution in [1.82, 2.24) is 35.3 Å². The van der Waals surface area contributed by atoms with Crippen molar-refractivity contribution >= 4 is 23.4 Å². The van der Waals surface area contributed by atoms with E-state index < -0.39 is 35.0 Å². The molecule has 39 heavy (non-hydrogen) atoms. The number of carbonyl (C=O) groups is 2. The lowest BCUT2D eigenvalue weighted by molar-refractivity contribution is -0.147. The second-order valence-corrected chi connectivity index (χ2v) is 9.62. The van der Waals surface area contributed by atoms with Crippen LogP contribution in [-0.2, 0) is 16.6 Å². The number of hydrogen-bond donors (Lipinski definition) is 2. The first kappa shape index (κ1) is 26.4. The van der Waals surface area contributed by atoms with E-state index in [2.05, 4.69) is 30.7 Å². The molecule has 2 N–H and O–H groups in total. The molecule has 202 valence electrons. The Balaban J connectivity index is 1.37. The summed E-state index contributed by atoms with van der Waals surface area (Å²) >= 11 is 6.07. The molecule has 4 heterocycles. The van der Waals surface area contributed by atoms with Gasteiger partial charge in [-0.15, -0.1) is 0 Å². The Kier molecular flexibility index (Phi) is 6.87. The Hall–Kier alpha value is -4.23. The van der Waals surface area contributed by atoms with Crippen molar-refractivity contribution in [2.45, 2.75) is 25.4 Å². The second kappa shape index (κ2) is 10.2. The molecule has 1 aliphatic rings. The maximum absolute atomic E-state index is 15.3. The molecule has 2 amide bonds. The van der Waals surface area contributed by atoms with E-state index in [4.69, 9.17) is 20.9 Å².